The lowest BCUT2D eigenvalue weighted by Crippen LogP contribution is -2.58. The third-order valence-electron chi connectivity index (χ3n) is 5.78. The zero-order chi connectivity index (χ0) is 10.5. The van der Waals surface area contributed by atoms with Crippen LogP contribution in [-0.4, -0.2) is 0 Å². The standard InChI is InChI=1S/C8H12.C5H8.H2IP.2H3P/c1-2-6-5(1)7-3-4-8(6)7;1-2-5(1)3-4-5;1-2;;/h5-8H,1-4H2;1-4H2;2H2;2*1H3. The average molecular weight is 404 g/mol. The Kier molecular flexibility index (Phi) is 6.68. The first kappa shape index (κ1) is 17.1. The number of rotatable bonds is 0. The second-order valence-corrected chi connectivity index (χ2v) is 6.31. The fourth-order valence-electron chi connectivity index (χ4n) is 3.94. The van der Waals surface area contributed by atoms with Crippen molar-refractivity contribution in [1.29, 1.82) is 0 Å². The Morgan fingerprint density at radius 2 is 0.882 bits per heavy atom. The van der Waals surface area contributed by atoms with Crippen molar-refractivity contribution in [1.82, 2.24) is 0 Å². The minimum atomic E-state index is 0. The van der Waals surface area contributed by atoms with E-state index in [-0.39, 0.29) is 19.8 Å². The second kappa shape index (κ2) is 6.65. The van der Waals surface area contributed by atoms with Gasteiger partial charge in [0.1, 0.15) is 0 Å². The highest BCUT2D eigenvalue weighted by atomic mass is 127. The van der Waals surface area contributed by atoms with Crippen molar-refractivity contribution in [3.63, 3.8) is 0 Å². The molecular weight excluding hydrogens is 376 g/mol. The number of hydrogen-bond donors (Lipinski definition) is 0. The summed E-state index contributed by atoms with van der Waals surface area (Å²) in [5.74, 6) is 4.98. The van der Waals surface area contributed by atoms with E-state index in [0.717, 1.165) is 5.41 Å². The highest BCUT2D eigenvalue weighted by Gasteiger charge is 2.58. The molecule has 0 heterocycles. The van der Waals surface area contributed by atoms with Gasteiger partial charge in [0, 0.05) is 0 Å². The molecule has 3 atom stereocenters. The molecule has 5 aliphatic carbocycles. The normalized spacial score (nSPS) is 42.7. The summed E-state index contributed by atoms with van der Waals surface area (Å²) in [5.41, 5.74) is 1.00. The summed E-state index contributed by atoms with van der Waals surface area (Å²) in [6, 6.07) is 0. The maximum atomic E-state index is 2.39. The van der Waals surface area contributed by atoms with E-state index < -0.39 is 0 Å². The third kappa shape index (κ3) is 3.20. The lowest BCUT2D eigenvalue weighted by molar-refractivity contribution is -0.165. The Morgan fingerprint density at radius 1 is 0.647 bits per heavy atom. The lowest BCUT2D eigenvalue weighted by Gasteiger charge is -2.66. The third-order valence-corrected chi connectivity index (χ3v) is 5.78. The van der Waals surface area contributed by atoms with Crippen LogP contribution in [0.15, 0.2) is 0 Å². The first-order valence-electron chi connectivity index (χ1n) is 6.60. The predicted octanol–water partition coefficient (Wildman–Crippen LogP) is 4.94. The van der Waals surface area contributed by atoms with Crippen LogP contribution >= 0.6 is 48.7 Å². The highest BCUT2D eigenvalue weighted by Crippen LogP contribution is 2.67. The number of fused-ring (bicyclic) bond motifs is 4. The van der Waals surface area contributed by atoms with Gasteiger partial charge in [0.15, 0.2) is 0 Å². The summed E-state index contributed by atoms with van der Waals surface area (Å²) in [5, 5.41) is 0. The van der Waals surface area contributed by atoms with Crippen molar-refractivity contribution in [2.75, 3.05) is 0 Å². The van der Waals surface area contributed by atoms with Gasteiger partial charge in [-0.3, -0.25) is 0 Å². The molecule has 5 saturated carbocycles. The van der Waals surface area contributed by atoms with Gasteiger partial charge in [-0.05, 0) is 80.5 Å². The minimum Gasteiger partial charge on any atom is -0.153 e. The molecular formula is C13H28IP3. The topological polar surface area (TPSA) is 0 Å². The Morgan fingerprint density at radius 3 is 0.941 bits per heavy atom. The molecule has 5 fully saturated rings. The van der Waals surface area contributed by atoms with Crippen LogP contribution in [0.25, 0.3) is 0 Å². The van der Waals surface area contributed by atoms with Gasteiger partial charge in [-0.2, -0.15) is 19.8 Å². The van der Waals surface area contributed by atoms with Crippen LogP contribution in [0.3, 0.4) is 0 Å². The Hall–Kier alpha value is 2.02. The van der Waals surface area contributed by atoms with Crippen LogP contribution < -0.4 is 0 Å². The maximum Gasteiger partial charge on any atom is -0.0297 e. The van der Waals surface area contributed by atoms with Gasteiger partial charge in [-0.25, -0.2) is 0 Å². The molecule has 0 bridgehead atoms. The minimum absolute atomic E-state index is 0. The summed E-state index contributed by atoms with van der Waals surface area (Å²) in [6.45, 7) is 2.39. The fraction of sp³-hybridized carbons (Fsp3) is 1.00. The molecule has 0 amide bonds. The van der Waals surface area contributed by atoms with Gasteiger partial charge in [0.2, 0.25) is 0 Å². The van der Waals surface area contributed by atoms with Crippen molar-refractivity contribution < 1.29 is 0 Å². The van der Waals surface area contributed by atoms with Crippen molar-refractivity contribution in [2.24, 2.45) is 29.1 Å². The molecule has 0 aromatic heterocycles. The van der Waals surface area contributed by atoms with Crippen molar-refractivity contribution in [2.45, 2.75) is 51.4 Å². The van der Waals surface area contributed by atoms with Crippen LogP contribution in [0, 0.1) is 29.1 Å². The average Bonchev–Trinajstić information content (AvgIpc) is 3.15. The number of hydrogen-bond acceptors (Lipinski definition) is 0. The summed E-state index contributed by atoms with van der Waals surface area (Å²) in [6.07, 6.45) is 12.6. The summed E-state index contributed by atoms with van der Waals surface area (Å²) in [4.78, 5) is 0. The van der Waals surface area contributed by atoms with Gasteiger partial charge in [0.05, 0.1) is 0 Å². The smallest absolute Gasteiger partial charge is 0.0297 e. The SMILES string of the molecule is C1CC12CC2.C1CC2C1C1CCC21.P.P.PI. The van der Waals surface area contributed by atoms with E-state index in [0.29, 0.717) is 0 Å². The molecule has 0 nitrogen and oxygen atoms in total. The van der Waals surface area contributed by atoms with Crippen LogP contribution in [0.1, 0.15) is 51.4 Å². The molecule has 5 rings (SSSR count). The fourth-order valence-corrected chi connectivity index (χ4v) is 3.94. The molecule has 1 spiro atoms. The summed E-state index contributed by atoms with van der Waals surface area (Å²) >= 11 is 2.07. The zero-order valence-corrected chi connectivity index (χ0v) is 17.0. The van der Waals surface area contributed by atoms with Gasteiger partial charge in [-0.15, -0.1) is 0 Å². The largest absolute Gasteiger partial charge is 0.153 e. The summed E-state index contributed by atoms with van der Waals surface area (Å²) < 4.78 is 0. The molecule has 3 unspecified atom stereocenters. The Balaban J connectivity index is 0.000000143. The van der Waals surface area contributed by atoms with Crippen LogP contribution in [0.4, 0.5) is 0 Å². The van der Waals surface area contributed by atoms with E-state index >= 15 is 0 Å². The molecule has 0 aromatic carbocycles. The van der Waals surface area contributed by atoms with Crippen molar-refractivity contribution in [3.05, 3.63) is 0 Å². The van der Waals surface area contributed by atoms with Crippen LogP contribution in [0.2, 0.25) is 0 Å². The van der Waals surface area contributed by atoms with Crippen LogP contribution in [0.5, 0.6) is 0 Å². The lowest BCUT2D eigenvalue weighted by atomic mass is 9.39. The van der Waals surface area contributed by atoms with Gasteiger partial charge < -0.3 is 0 Å². The monoisotopic (exact) mass is 404 g/mol. The van der Waals surface area contributed by atoms with E-state index in [9.17, 15) is 0 Å². The molecule has 0 radical (unpaired) electrons. The molecule has 0 aliphatic heterocycles. The number of halogens is 1. The molecule has 0 aromatic rings. The van der Waals surface area contributed by atoms with E-state index in [4.69, 9.17) is 0 Å². The molecule has 102 valence electrons. The van der Waals surface area contributed by atoms with Gasteiger partial charge in [0.25, 0.3) is 0 Å². The van der Waals surface area contributed by atoms with Crippen LogP contribution in [-0.2, 0) is 0 Å². The maximum absolute atomic E-state index is 2.39. The van der Waals surface area contributed by atoms with Gasteiger partial charge in [-0.1, -0.05) is 28.9 Å². The van der Waals surface area contributed by atoms with Crippen molar-refractivity contribution in [3.8, 4) is 0 Å². The van der Waals surface area contributed by atoms with E-state index in [1.807, 2.05) is 0 Å². The van der Waals surface area contributed by atoms with Gasteiger partial charge >= 0.3 is 0 Å². The Bertz CT molecular complexity index is 198. The van der Waals surface area contributed by atoms with E-state index in [1.54, 1.807) is 51.4 Å². The highest BCUT2D eigenvalue weighted by molar-refractivity contribution is 14.2. The zero-order valence-electron chi connectivity index (χ0n) is 10.8. The molecule has 17 heavy (non-hydrogen) atoms. The first-order chi connectivity index (χ1) is 7.38. The van der Waals surface area contributed by atoms with E-state index in [1.165, 1.54) is 23.7 Å². The van der Waals surface area contributed by atoms with Crippen molar-refractivity contribution >= 4 is 48.7 Å². The predicted molar refractivity (Wildman–Crippen MR) is 99.3 cm³/mol. The molecule has 4 heteroatoms. The molecule has 5 aliphatic rings. The molecule has 0 N–H and O–H groups in total. The Labute approximate surface area is 129 Å². The molecule has 0 saturated heterocycles. The first-order valence-corrected chi connectivity index (χ1v) is 10.8. The van der Waals surface area contributed by atoms with E-state index in [2.05, 4.69) is 28.9 Å². The quantitative estimate of drug-likeness (QED) is 0.397. The second-order valence-electron chi connectivity index (χ2n) is 6.31. The summed E-state index contributed by atoms with van der Waals surface area (Å²) in [7, 11) is 0.